The van der Waals surface area contributed by atoms with Crippen molar-refractivity contribution in [3.05, 3.63) is 30.1 Å². The minimum atomic E-state index is -0.332. The first-order valence-electron chi connectivity index (χ1n) is 9.86. The van der Waals surface area contributed by atoms with E-state index in [-0.39, 0.29) is 17.3 Å². The Hall–Kier alpha value is -1.67. The van der Waals surface area contributed by atoms with E-state index in [1.807, 2.05) is 0 Å². The maximum absolute atomic E-state index is 13.7. The van der Waals surface area contributed by atoms with Gasteiger partial charge >= 0.3 is 0 Å². The van der Waals surface area contributed by atoms with Crippen LogP contribution in [-0.4, -0.2) is 27.4 Å². The minimum Gasteiger partial charge on any atom is -0.350 e. The zero-order chi connectivity index (χ0) is 19.1. The number of nitrogens with zero attached hydrogens (tertiary/aromatic N) is 2. The van der Waals surface area contributed by atoms with Gasteiger partial charge in [0.25, 0.3) is 0 Å². The Morgan fingerprint density at radius 3 is 2.50 bits per heavy atom. The summed E-state index contributed by atoms with van der Waals surface area (Å²) in [6.07, 6.45) is 7.58. The van der Waals surface area contributed by atoms with E-state index in [0.717, 1.165) is 37.0 Å². The van der Waals surface area contributed by atoms with Crippen molar-refractivity contribution >= 4 is 39.8 Å². The lowest BCUT2D eigenvalue weighted by atomic mass is 9.53. The first-order valence-corrected chi connectivity index (χ1v) is 11.7. The number of carbonyl (C=O) groups is 1. The molecule has 4 saturated carbocycles. The van der Waals surface area contributed by atoms with Crippen LogP contribution in [0.25, 0.3) is 0 Å². The number of carbonyl (C=O) groups excluding carboxylic acids is 1. The van der Waals surface area contributed by atoms with Crippen molar-refractivity contribution in [3.63, 3.8) is 0 Å². The van der Waals surface area contributed by atoms with Gasteiger partial charge in [0.2, 0.25) is 11.0 Å². The van der Waals surface area contributed by atoms with E-state index in [1.165, 1.54) is 48.4 Å². The second-order valence-electron chi connectivity index (χ2n) is 8.51. The number of anilines is 2. The van der Waals surface area contributed by atoms with Crippen LogP contribution in [0, 0.1) is 23.6 Å². The molecule has 4 fully saturated rings. The summed E-state index contributed by atoms with van der Waals surface area (Å²) in [5.41, 5.74) is 0.417. The third kappa shape index (κ3) is 3.76. The quantitative estimate of drug-likeness (QED) is 0.671. The van der Waals surface area contributed by atoms with Gasteiger partial charge in [-0.25, -0.2) is 4.39 Å². The second kappa shape index (κ2) is 7.30. The molecular formula is C20H23FN4OS2. The highest BCUT2D eigenvalue weighted by Crippen LogP contribution is 2.55. The Kier molecular flexibility index (Phi) is 4.79. The van der Waals surface area contributed by atoms with Crippen LogP contribution < -0.4 is 10.6 Å². The number of hydrogen-bond acceptors (Lipinski definition) is 6. The van der Waals surface area contributed by atoms with E-state index in [4.69, 9.17) is 0 Å². The molecular weight excluding hydrogens is 395 g/mol. The van der Waals surface area contributed by atoms with Gasteiger partial charge in [-0.3, -0.25) is 4.79 Å². The highest BCUT2D eigenvalue weighted by Gasteiger charge is 2.51. The Morgan fingerprint density at radius 2 is 1.82 bits per heavy atom. The fourth-order valence-electron chi connectivity index (χ4n) is 5.72. The molecule has 1 heterocycles. The van der Waals surface area contributed by atoms with Gasteiger partial charge in [0.1, 0.15) is 5.82 Å². The number of thioether (sulfide) groups is 1. The number of nitrogens with one attached hydrogen (secondary N) is 2. The van der Waals surface area contributed by atoms with Crippen molar-refractivity contribution in [2.75, 3.05) is 11.1 Å². The lowest BCUT2D eigenvalue weighted by Crippen LogP contribution is -2.60. The van der Waals surface area contributed by atoms with Gasteiger partial charge in [0.05, 0.1) is 11.4 Å². The molecule has 2 N–H and O–H groups in total. The van der Waals surface area contributed by atoms with E-state index in [9.17, 15) is 9.18 Å². The fraction of sp³-hybridized carbons (Fsp3) is 0.550. The molecule has 0 unspecified atom stereocenters. The maximum atomic E-state index is 13.7. The van der Waals surface area contributed by atoms with Gasteiger partial charge < -0.3 is 10.6 Å². The average Bonchev–Trinajstić information content (AvgIpc) is 3.08. The number of rotatable bonds is 6. The highest BCUT2D eigenvalue weighted by molar-refractivity contribution is 8.01. The number of para-hydroxylation sites is 1. The molecule has 148 valence electrons. The topological polar surface area (TPSA) is 66.9 Å². The summed E-state index contributed by atoms with van der Waals surface area (Å²) in [5.74, 6) is 2.54. The number of benzene rings is 1. The van der Waals surface area contributed by atoms with Crippen LogP contribution in [0.4, 0.5) is 15.2 Å². The fourth-order valence-corrected chi connectivity index (χ4v) is 7.28. The van der Waals surface area contributed by atoms with Crippen LogP contribution in [0.2, 0.25) is 0 Å². The summed E-state index contributed by atoms with van der Waals surface area (Å²) in [5, 5.41) is 15.0. The lowest BCUT2D eigenvalue weighted by Gasteiger charge is -2.56. The van der Waals surface area contributed by atoms with Gasteiger partial charge in [-0.05, 0) is 68.4 Å². The Balaban J connectivity index is 1.16. The molecule has 0 aliphatic heterocycles. The molecule has 0 spiro atoms. The number of aromatic nitrogens is 2. The molecule has 0 saturated heterocycles. The maximum Gasteiger partial charge on any atom is 0.230 e. The van der Waals surface area contributed by atoms with Crippen molar-refractivity contribution < 1.29 is 9.18 Å². The van der Waals surface area contributed by atoms with E-state index in [0.29, 0.717) is 20.9 Å². The number of halogens is 1. The molecule has 2 aromatic rings. The first-order chi connectivity index (χ1) is 13.6. The molecule has 1 aromatic carbocycles. The van der Waals surface area contributed by atoms with Crippen LogP contribution in [0.1, 0.15) is 38.5 Å². The summed E-state index contributed by atoms with van der Waals surface area (Å²) in [6.45, 7) is 0. The van der Waals surface area contributed by atoms with Gasteiger partial charge in [-0.1, -0.05) is 35.2 Å². The molecule has 0 atom stereocenters. The largest absolute Gasteiger partial charge is 0.350 e. The van der Waals surface area contributed by atoms with Crippen molar-refractivity contribution in [2.45, 2.75) is 48.4 Å². The zero-order valence-corrected chi connectivity index (χ0v) is 17.1. The van der Waals surface area contributed by atoms with E-state index >= 15 is 0 Å². The molecule has 8 heteroatoms. The molecule has 4 aliphatic rings. The first kappa shape index (κ1) is 18.4. The molecule has 5 nitrogen and oxygen atoms in total. The van der Waals surface area contributed by atoms with Gasteiger partial charge in [0, 0.05) is 5.54 Å². The summed E-state index contributed by atoms with van der Waals surface area (Å²) in [6, 6.07) is 6.46. The summed E-state index contributed by atoms with van der Waals surface area (Å²) in [4.78, 5) is 12.6. The minimum absolute atomic E-state index is 0.0467. The van der Waals surface area contributed by atoms with E-state index in [1.54, 1.807) is 18.2 Å². The summed E-state index contributed by atoms with van der Waals surface area (Å²) < 4.78 is 14.4. The molecule has 1 aromatic heterocycles. The summed E-state index contributed by atoms with van der Waals surface area (Å²) >= 11 is 2.72. The van der Waals surface area contributed by atoms with Crippen LogP contribution in [0.3, 0.4) is 0 Å². The molecule has 6 rings (SSSR count). The second-order valence-corrected chi connectivity index (χ2v) is 10.7. The SMILES string of the molecule is O=C(CSc1nnc(Nc2ccccc2F)s1)NC12CC3CC(CC(C3)C1)C2. The Morgan fingerprint density at radius 1 is 1.14 bits per heavy atom. The van der Waals surface area contributed by atoms with E-state index in [2.05, 4.69) is 20.8 Å². The monoisotopic (exact) mass is 418 g/mol. The standard InChI is InChI=1S/C20H23FN4OS2/c21-15-3-1-2-4-16(15)22-18-24-25-19(28-18)27-11-17(26)23-20-8-12-5-13(9-20)7-14(6-12)10-20/h1-4,12-14H,5-11H2,(H,22,24)(H,23,26). The lowest BCUT2D eigenvalue weighted by molar-refractivity contribution is -0.124. The highest BCUT2D eigenvalue weighted by atomic mass is 32.2. The van der Waals surface area contributed by atoms with Gasteiger partial charge in [-0.15, -0.1) is 10.2 Å². The van der Waals surface area contributed by atoms with Crippen LogP contribution >= 0.6 is 23.1 Å². The predicted molar refractivity (Wildman–Crippen MR) is 109 cm³/mol. The van der Waals surface area contributed by atoms with Crippen molar-refractivity contribution in [1.29, 1.82) is 0 Å². The Labute approximate surface area is 171 Å². The molecule has 0 radical (unpaired) electrons. The Bertz CT molecular complexity index is 851. The van der Waals surface area contributed by atoms with Crippen molar-refractivity contribution in [3.8, 4) is 0 Å². The molecule has 28 heavy (non-hydrogen) atoms. The predicted octanol–water partition coefficient (Wildman–Crippen LogP) is 4.60. The van der Waals surface area contributed by atoms with Crippen LogP contribution in [-0.2, 0) is 4.79 Å². The van der Waals surface area contributed by atoms with Gasteiger partial charge in [-0.2, -0.15) is 0 Å². The van der Waals surface area contributed by atoms with Crippen LogP contribution in [0.5, 0.6) is 0 Å². The van der Waals surface area contributed by atoms with Crippen molar-refractivity contribution in [1.82, 2.24) is 15.5 Å². The van der Waals surface area contributed by atoms with Crippen LogP contribution in [0.15, 0.2) is 28.6 Å². The van der Waals surface area contributed by atoms with Gasteiger partial charge in [0.15, 0.2) is 4.34 Å². The molecule has 4 bridgehead atoms. The third-order valence-corrected chi connectivity index (χ3v) is 8.26. The smallest absolute Gasteiger partial charge is 0.230 e. The van der Waals surface area contributed by atoms with E-state index < -0.39 is 0 Å². The average molecular weight is 419 g/mol. The number of amides is 1. The number of hydrogen-bond donors (Lipinski definition) is 2. The molecule has 1 amide bonds. The summed E-state index contributed by atoms with van der Waals surface area (Å²) in [7, 11) is 0. The normalized spacial score (nSPS) is 30.4. The zero-order valence-electron chi connectivity index (χ0n) is 15.5. The molecule has 4 aliphatic carbocycles. The van der Waals surface area contributed by atoms with Crippen molar-refractivity contribution in [2.24, 2.45) is 17.8 Å². The third-order valence-electron chi connectivity index (χ3n) is 6.29.